The molecule has 6 nitrogen and oxygen atoms in total. The predicted molar refractivity (Wildman–Crippen MR) is 79.5 cm³/mol. The molecule has 0 spiro atoms. The van der Waals surface area contributed by atoms with Gasteiger partial charge in [0.1, 0.15) is 5.75 Å². The molecule has 0 saturated heterocycles. The van der Waals surface area contributed by atoms with Gasteiger partial charge in [-0.2, -0.15) is 10.1 Å². The lowest BCUT2D eigenvalue weighted by Crippen LogP contribution is -2.27. The van der Waals surface area contributed by atoms with E-state index in [2.05, 4.69) is 46.6 Å². The minimum Gasteiger partial charge on any atom is -0.497 e. The van der Waals surface area contributed by atoms with Gasteiger partial charge in [0, 0.05) is 17.3 Å². The third-order valence-corrected chi connectivity index (χ3v) is 2.39. The molecule has 2 N–H and O–H groups in total. The number of hydrogen-bond donors (Lipinski definition) is 2. The van der Waals surface area contributed by atoms with Crippen molar-refractivity contribution in [3.05, 3.63) is 30.5 Å². The maximum Gasteiger partial charge on any atom is 0.249 e. The van der Waals surface area contributed by atoms with Crippen molar-refractivity contribution in [3.8, 4) is 5.75 Å². The fourth-order valence-corrected chi connectivity index (χ4v) is 1.63. The van der Waals surface area contributed by atoms with Gasteiger partial charge in [0.05, 0.1) is 13.3 Å². The van der Waals surface area contributed by atoms with Crippen LogP contribution < -0.4 is 15.4 Å². The van der Waals surface area contributed by atoms with Gasteiger partial charge in [-0.1, -0.05) is 6.07 Å². The Morgan fingerprint density at radius 1 is 1.20 bits per heavy atom. The molecule has 2 rings (SSSR count). The van der Waals surface area contributed by atoms with Crippen LogP contribution in [0.5, 0.6) is 5.75 Å². The van der Waals surface area contributed by atoms with E-state index in [1.165, 1.54) is 0 Å². The van der Waals surface area contributed by atoms with Gasteiger partial charge in [-0.25, -0.2) is 0 Å². The van der Waals surface area contributed by atoms with Crippen molar-refractivity contribution >= 4 is 17.5 Å². The van der Waals surface area contributed by atoms with E-state index in [4.69, 9.17) is 4.74 Å². The van der Waals surface area contributed by atoms with Gasteiger partial charge in [0.25, 0.3) is 0 Å². The molecular formula is C14H19N5O. The number of aromatic nitrogens is 3. The first-order valence-corrected chi connectivity index (χ1v) is 6.35. The summed E-state index contributed by atoms with van der Waals surface area (Å²) in [6.45, 7) is 6.18. The first kappa shape index (κ1) is 14.0. The van der Waals surface area contributed by atoms with Crippen LogP contribution in [0, 0.1) is 0 Å². The molecule has 0 fully saturated rings. The highest BCUT2D eigenvalue weighted by Gasteiger charge is 2.11. The minimum absolute atomic E-state index is 0.0801. The number of anilines is 3. The number of ether oxygens (including phenoxy) is 1. The molecule has 1 aromatic carbocycles. The van der Waals surface area contributed by atoms with E-state index in [9.17, 15) is 0 Å². The van der Waals surface area contributed by atoms with Gasteiger partial charge in [0.15, 0.2) is 5.82 Å². The third-order valence-electron chi connectivity index (χ3n) is 2.39. The molecule has 0 saturated carbocycles. The van der Waals surface area contributed by atoms with Crippen LogP contribution in [0.3, 0.4) is 0 Å². The number of nitrogens with one attached hydrogen (secondary N) is 2. The minimum atomic E-state index is -0.0801. The second kappa shape index (κ2) is 5.73. The Labute approximate surface area is 118 Å². The van der Waals surface area contributed by atoms with E-state index in [0.29, 0.717) is 11.8 Å². The van der Waals surface area contributed by atoms with E-state index in [0.717, 1.165) is 11.4 Å². The molecule has 6 heteroatoms. The summed E-state index contributed by atoms with van der Waals surface area (Å²) in [6.07, 6.45) is 1.60. The van der Waals surface area contributed by atoms with E-state index in [-0.39, 0.29) is 5.54 Å². The molecule has 20 heavy (non-hydrogen) atoms. The van der Waals surface area contributed by atoms with Crippen LogP contribution >= 0.6 is 0 Å². The quantitative estimate of drug-likeness (QED) is 0.892. The number of hydrogen-bond acceptors (Lipinski definition) is 6. The summed E-state index contributed by atoms with van der Waals surface area (Å²) in [6, 6.07) is 7.55. The lowest BCUT2D eigenvalue weighted by molar-refractivity contribution is 0.415. The van der Waals surface area contributed by atoms with Crippen LogP contribution in [0.4, 0.5) is 17.5 Å². The van der Waals surface area contributed by atoms with E-state index < -0.39 is 0 Å². The molecule has 2 aromatic rings. The van der Waals surface area contributed by atoms with Crippen molar-refractivity contribution in [3.63, 3.8) is 0 Å². The summed E-state index contributed by atoms with van der Waals surface area (Å²) in [4.78, 5) is 4.37. The van der Waals surface area contributed by atoms with Crippen molar-refractivity contribution in [1.82, 2.24) is 15.2 Å². The van der Waals surface area contributed by atoms with Crippen molar-refractivity contribution in [2.45, 2.75) is 26.3 Å². The average Bonchev–Trinajstić information content (AvgIpc) is 2.37. The molecule has 0 aliphatic carbocycles. The van der Waals surface area contributed by atoms with E-state index >= 15 is 0 Å². The molecule has 106 valence electrons. The summed E-state index contributed by atoms with van der Waals surface area (Å²) in [5.74, 6) is 1.89. The number of benzene rings is 1. The maximum atomic E-state index is 5.17. The second-order valence-electron chi connectivity index (χ2n) is 5.40. The molecule has 0 atom stereocenters. The standard InChI is InChI=1S/C14H19N5O/c1-14(2,3)18-12-9-15-19-13(17-12)16-10-6-5-7-11(8-10)20-4/h5-9H,1-4H3,(H2,16,17,18,19). The Bertz CT molecular complexity index is 580. The van der Waals surface area contributed by atoms with Crippen LogP contribution in [0.25, 0.3) is 0 Å². The molecule has 0 aliphatic rings. The molecule has 0 unspecified atom stereocenters. The summed E-state index contributed by atoms with van der Waals surface area (Å²) in [7, 11) is 1.63. The zero-order chi connectivity index (χ0) is 14.6. The fraction of sp³-hybridized carbons (Fsp3) is 0.357. The highest BCUT2D eigenvalue weighted by atomic mass is 16.5. The fourth-order valence-electron chi connectivity index (χ4n) is 1.63. The molecule has 0 aliphatic heterocycles. The SMILES string of the molecule is COc1cccc(Nc2nncc(NC(C)(C)C)n2)c1. The zero-order valence-electron chi connectivity index (χ0n) is 12.1. The van der Waals surface area contributed by atoms with Crippen LogP contribution in [0.2, 0.25) is 0 Å². The normalized spacial score (nSPS) is 11.0. The summed E-state index contributed by atoms with van der Waals surface area (Å²) in [5, 5.41) is 14.3. The van der Waals surface area contributed by atoms with Crippen LogP contribution in [0.1, 0.15) is 20.8 Å². The summed E-state index contributed by atoms with van der Waals surface area (Å²) < 4.78 is 5.17. The Hall–Kier alpha value is -2.37. The molecular weight excluding hydrogens is 254 g/mol. The van der Waals surface area contributed by atoms with Crippen LogP contribution in [-0.2, 0) is 0 Å². The van der Waals surface area contributed by atoms with Gasteiger partial charge in [-0.15, -0.1) is 5.10 Å². The highest BCUT2D eigenvalue weighted by molar-refractivity contribution is 5.56. The van der Waals surface area contributed by atoms with Crippen molar-refractivity contribution in [2.75, 3.05) is 17.7 Å². The third kappa shape index (κ3) is 4.08. The van der Waals surface area contributed by atoms with Gasteiger partial charge < -0.3 is 15.4 Å². The molecule has 0 bridgehead atoms. The topological polar surface area (TPSA) is 72.0 Å². The monoisotopic (exact) mass is 273 g/mol. The number of nitrogens with zero attached hydrogens (tertiary/aromatic N) is 3. The number of rotatable bonds is 4. The van der Waals surface area contributed by atoms with Gasteiger partial charge >= 0.3 is 0 Å². The Morgan fingerprint density at radius 2 is 2.00 bits per heavy atom. The first-order chi connectivity index (χ1) is 9.46. The lowest BCUT2D eigenvalue weighted by atomic mass is 10.1. The largest absolute Gasteiger partial charge is 0.497 e. The van der Waals surface area contributed by atoms with Crippen molar-refractivity contribution in [2.24, 2.45) is 0 Å². The maximum absolute atomic E-state index is 5.17. The van der Waals surface area contributed by atoms with Crippen LogP contribution in [-0.4, -0.2) is 27.8 Å². The number of methoxy groups -OCH3 is 1. The second-order valence-corrected chi connectivity index (χ2v) is 5.40. The summed E-state index contributed by atoms with van der Waals surface area (Å²) >= 11 is 0. The highest BCUT2D eigenvalue weighted by Crippen LogP contribution is 2.20. The zero-order valence-corrected chi connectivity index (χ0v) is 12.1. The van der Waals surface area contributed by atoms with Gasteiger partial charge in [0.2, 0.25) is 5.95 Å². The van der Waals surface area contributed by atoms with E-state index in [1.807, 2.05) is 24.3 Å². The molecule has 1 aromatic heterocycles. The van der Waals surface area contributed by atoms with Crippen molar-refractivity contribution < 1.29 is 4.74 Å². The first-order valence-electron chi connectivity index (χ1n) is 6.35. The Balaban J connectivity index is 2.15. The van der Waals surface area contributed by atoms with Gasteiger partial charge in [-0.3, -0.25) is 0 Å². The smallest absolute Gasteiger partial charge is 0.249 e. The average molecular weight is 273 g/mol. The summed E-state index contributed by atoms with van der Waals surface area (Å²) in [5.41, 5.74) is 0.766. The molecule has 1 heterocycles. The predicted octanol–water partition coefficient (Wildman–Crippen LogP) is 2.83. The Kier molecular flexibility index (Phi) is 4.02. The molecule has 0 radical (unpaired) electrons. The van der Waals surface area contributed by atoms with E-state index in [1.54, 1.807) is 13.3 Å². The van der Waals surface area contributed by atoms with Gasteiger partial charge in [-0.05, 0) is 32.9 Å². The molecule has 0 amide bonds. The van der Waals surface area contributed by atoms with Crippen LogP contribution in [0.15, 0.2) is 30.5 Å². The lowest BCUT2D eigenvalue weighted by Gasteiger charge is -2.20. The Morgan fingerprint density at radius 3 is 2.70 bits per heavy atom. The van der Waals surface area contributed by atoms with Crippen molar-refractivity contribution in [1.29, 1.82) is 0 Å².